The summed E-state index contributed by atoms with van der Waals surface area (Å²) < 4.78 is 5.45. The standard InChI is InChI=1S/C16H20N4O2S/c1-9-2-3-11-12(4-9)23-16-14(11)15(18-8-19-16)20-5-10(6-20)22-7-13(17)21/h8-10H,2-7H2,1H3,(H2,17,21)/t9-/m1/s1. The summed E-state index contributed by atoms with van der Waals surface area (Å²) in [6.45, 7) is 3.81. The Morgan fingerprint density at radius 1 is 1.48 bits per heavy atom. The largest absolute Gasteiger partial charge is 0.368 e. The Bertz CT molecular complexity index is 754. The van der Waals surface area contributed by atoms with Gasteiger partial charge in [0.2, 0.25) is 5.91 Å². The molecule has 2 N–H and O–H groups in total. The first-order chi connectivity index (χ1) is 11.1. The highest BCUT2D eigenvalue weighted by Gasteiger charge is 2.32. The average Bonchev–Trinajstić information content (AvgIpc) is 2.83. The highest BCUT2D eigenvalue weighted by atomic mass is 32.1. The van der Waals surface area contributed by atoms with Crippen LogP contribution in [0.15, 0.2) is 6.33 Å². The van der Waals surface area contributed by atoms with Crippen molar-refractivity contribution in [3.05, 3.63) is 16.8 Å². The third-order valence-electron chi connectivity index (χ3n) is 4.68. The normalized spacial score (nSPS) is 21.3. The number of ether oxygens (including phenoxy) is 1. The van der Waals surface area contributed by atoms with E-state index >= 15 is 0 Å². The Hall–Kier alpha value is -1.73. The number of nitrogens with zero attached hydrogens (tertiary/aromatic N) is 3. The highest BCUT2D eigenvalue weighted by molar-refractivity contribution is 7.19. The zero-order chi connectivity index (χ0) is 16.0. The second kappa shape index (κ2) is 5.72. The van der Waals surface area contributed by atoms with Crippen molar-refractivity contribution in [2.75, 3.05) is 24.6 Å². The molecule has 0 bridgehead atoms. The number of nitrogens with two attached hydrogens (primary N) is 1. The van der Waals surface area contributed by atoms with Gasteiger partial charge in [-0.1, -0.05) is 6.92 Å². The molecule has 0 aromatic carbocycles. The van der Waals surface area contributed by atoms with E-state index in [4.69, 9.17) is 10.5 Å². The van der Waals surface area contributed by atoms with Crippen LogP contribution in [0.1, 0.15) is 23.8 Å². The minimum absolute atomic E-state index is 0.0105. The molecule has 0 radical (unpaired) electrons. The van der Waals surface area contributed by atoms with Crippen LogP contribution in [0.4, 0.5) is 5.82 Å². The number of carbonyl (C=O) groups excluding carboxylic acids is 1. The van der Waals surface area contributed by atoms with Gasteiger partial charge in [-0.2, -0.15) is 0 Å². The van der Waals surface area contributed by atoms with Crippen LogP contribution in [0, 0.1) is 5.92 Å². The molecule has 1 aliphatic carbocycles. The van der Waals surface area contributed by atoms with E-state index in [1.165, 1.54) is 22.2 Å². The van der Waals surface area contributed by atoms with Gasteiger partial charge in [-0.05, 0) is 30.7 Å². The van der Waals surface area contributed by atoms with Crippen LogP contribution >= 0.6 is 11.3 Å². The molecule has 0 saturated carbocycles. The minimum atomic E-state index is -0.422. The Morgan fingerprint density at radius 2 is 2.30 bits per heavy atom. The van der Waals surface area contributed by atoms with Gasteiger partial charge >= 0.3 is 0 Å². The zero-order valence-electron chi connectivity index (χ0n) is 13.1. The molecule has 1 aliphatic heterocycles. The summed E-state index contributed by atoms with van der Waals surface area (Å²) in [5, 5.41) is 1.23. The Kier molecular flexibility index (Phi) is 3.69. The van der Waals surface area contributed by atoms with E-state index in [1.807, 2.05) is 11.3 Å². The molecule has 4 rings (SSSR count). The fourth-order valence-electron chi connectivity index (χ4n) is 3.41. The Morgan fingerprint density at radius 3 is 3.09 bits per heavy atom. The molecule has 1 fully saturated rings. The van der Waals surface area contributed by atoms with Crippen molar-refractivity contribution < 1.29 is 9.53 Å². The number of primary amides is 1. The van der Waals surface area contributed by atoms with Crippen LogP contribution in [0.25, 0.3) is 10.2 Å². The molecule has 23 heavy (non-hydrogen) atoms. The number of hydrogen-bond acceptors (Lipinski definition) is 6. The first-order valence-electron chi connectivity index (χ1n) is 8.02. The van der Waals surface area contributed by atoms with Gasteiger partial charge in [0.15, 0.2) is 0 Å². The minimum Gasteiger partial charge on any atom is -0.368 e. The van der Waals surface area contributed by atoms with Crippen LogP contribution in [-0.2, 0) is 22.4 Å². The summed E-state index contributed by atoms with van der Waals surface area (Å²) in [6.07, 6.45) is 5.21. The first kappa shape index (κ1) is 14.8. The fourth-order valence-corrected chi connectivity index (χ4v) is 4.76. The van der Waals surface area contributed by atoms with Crippen molar-refractivity contribution in [1.29, 1.82) is 0 Å². The van der Waals surface area contributed by atoms with Gasteiger partial charge in [0, 0.05) is 18.0 Å². The molecular formula is C16H20N4O2S. The lowest BCUT2D eigenvalue weighted by molar-refractivity contribution is -0.125. The van der Waals surface area contributed by atoms with Crippen LogP contribution < -0.4 is 10.6 Å². The van der Waals surface area contributed by atoms with E-state index in [0.717, 1.165) is 42.5 Å². The number of rotatable bonds is 4. The summed E-state index contributed by atoms with van der Waals surface area (Å²) in [5.74, 6) is 1.34. The number of anilines is 1. The van der Waals surface area contributed by atoms with Gasteiger partial charge in [-0.3, -0.25) is 4.79 Å². The molecule has 0 spiro atoms. The highest BCUT2D eigenvalue weighted by Crippen LogP contribution is 2.41. The lowest BCUT2D eigenvalue weighted by Gasteiger charge is -2.39. The maximum absolute atomic E-state index is 10.8. The molecule has 0 unspecified atom stereocenters. The number of amides is 1. The molecule has 2 aromatic rings. The average molecular weight is 332 g/mol. The van der Waals surface area contributed by atoms with E-state index in [2.05, 4.69) is 21.8 Å². The predicted octanol–water partition coefficient (Wildman–Crippen LogP) is 1.51. The van der Waals surface area contributed by atoms with Gasteiger partial charge in [0.05, 0.1) is 11.5 Å². The summed E-state index contributed by atoms with van der Waals surface area (Å²) >= 11 is 1.81. The van der Waals surface area contributed by atoms with Crippen LogP contribution in [0.3, 0.4) is 0 Å². The quantitative estimate of drug-likeness (QED) is 0.918. The maximum Gasteiger partial charge on any atom is 0.243 e. The molecule has 1 atom stereocenters. The van der Waals surface area contributed by atoms with Crippen LogP contribution in [0.5, 0.6) is 0 Å². The summed E-state index contributed by atoms with van der Waals surface area (Å²) in [5.41, 5.74) is 6.56. The van der Waals surface area contributed by atoms with E-state index in [1.54, 1.807) is 6.33 Å². The van der Waals surface area contributed by atoms with E-state index in [0.29, 0.717) is 0 Å². The molecule has 2 aliphatic rings. The molecule has 122 valence electrons. The van der Waals surface area contributed by atoms with E-state index in [9.17, 15) is 4.79 Å². The SMILES string of the molecule is C[C@@H]1CCc2c(sc3ncnc(N4CC(OCC(N)=O)C4)c23)C1. The summed E-state index contributed by atoms with van der Waals surface area (Å²) in [4.78, 5) is 24.6. The zero-order valence-corrected chi connectivity index (χ0v) is 13.9. The molecule has 1 amide bonds. The van der Waals surface area contributed by atoms with Crippen molar-refractivity contribution in [2.45, 2.75) is 32.3 Å². The lowest BCUT2D eigenvalue weighted by atomic mass is 9.89. The molecule has 6 nitrogen and oxygen atoms in total. The van der Waals surface area contributed by atoms with Crippen LogP contribution in [-0.4, -0.2) is 41.7 Å². The molecule has 3 heterocycles. The first-order valence-corrected chi connectivity index (χ1v) is 8.83. The smallest absolute Gasteiger partial charge is 0.243 e. The number of aromatic nitrogens is 2. The number of thiophene rings is 1. The molecule has 2 aromatic heterocycles. The third kappa shape index (κ3) is 2.68. The van der Waals surface area contributed by atoms with E-state index in [-0.39, 0.29) is 12.7 Å². The second-order valence-corrected chi connectivity index (χ2v) is 7.62. The number of fused-ring (bicyclic) bond motifs is 3. The molecule has 7 heteroatoms. The summed E-state index contributed by atoms with van der Waals surface area (Å²) in [7, 11) is 0. The summed E-state index contributed by atoms with van der Waals surface area (Å²) in [6, 6.07) is 0. The van der Waals surface area contributed by atoms with E-state index < -0.39 is 5.91 Å². The van der Waals surface area contributed by atoms with Crippen LogP contribution in [0.2, 0.25) is 0 Å². The predicted molar refractivity (Wildman–Crippen MR) is 89.8 cm³/mol. The van der Waals surface area contributed by atoms with Crippen molar-refractivity contribution in [2.24, 2.45) is 11.7 Å². The van der Waals surface area contributed by atoms with Crippen molar-refractivity contribution >= 4 is 33.3 Å². The van der Waals surface area contributed by atoms with Gasteiger partial charge in [0.25, 0.3) is 0 Å². The lowest BCUT2D eigenvalue weighted by Crippen LogP contribution is -2.53. The molecule has 1 saturated heterocycles. The number of carbonyl (C=O) groups is 1. The van der Waals surface area contributed by atoms with Gasteiger partial charge in [-0.15, -0.1) is 11.3 Å². The van der Waals surface area contributed by atoms with Gasteiger partial charge < -0.3 is 15.4 Å². The monoisotopic (exact) mass is 332 g/mol. The number of aryl methyl sites for hydroxylation is 1. The van der Waals surface area contributed by atoms with Crippen molar-refractivity contribution in [3.8, 4) is 0 Å². The Balaban J connectivity index is 1.58. The maximum atomic E-state index is 10.8. The topological polar surface area (TPSA) is 81.3 Å². The molecular weight excluding hydrogens is 312 g/mol. The van der Waals surface area contributed by atoms with Gasteiger partial charge in [0.1, 0.15) is 23.6 Å². The second-order valence-electron chi connectivity index (χ2n) is 6.53. The van der Waals surface area contributed by atoms with Gasteiger partial charge in [-0.25, -0.2) is 9.97 Å². The Labute approximate surface area is 138 Å². The number of hydrogen-bond donors (Lipinski definition) is 1. The van der Waals surface area contributed by atoms with Crippen molar-refractivity contribution in [1.82, 2.24) is 9.97 Å². The fraction of sp³-hybridized carbons (Fsp3) is 0.562. The van der Waals surface area contributed by atoms with Crippen molar-refractivity contribution in [3.63, 3.8) is 0 Å². The third-order valence-corrected chi connectivity index (χ3v) is 5.84.